The molecule has 0 spiro atoms. The average Bonchev–Trinajstić information content (AvgIpc) is 3.06. The summed E-state index contributed by atoms with van der Waals surface area (Å²) in [7, 11) is 0. The van der Waals surface area contributed by atoms with E-state index in [-0.39, 0.29) is 31.2 Å². The fourth-order valence-electron chi connectivity index (χ4n) is 5.11. The molecular formula is C34H54N6O11. The third-order valence-electron chi connectivity index (χ3n) is 7.85. The van der Waals surface area contributed by atoms with Crippen molar-refractivity contribution < 1.29 is 54.0 Å². The normalized spacial score (nSPS) is 12.0. The summed E-state index contributed by atoms with van der Waals surface area (Å²) in [6, 6.07) is 1.77. The molecule has 0 saturated carbocycles. The summed E-state index contributed by atoms with van der Waals surface area (Å²) in [5, 5.41) is 46.3. The molecule has 0 aliphatic heterocycles. The van der Waals surface area contributed by atoms with E-state index in [4.69, 9.17) is 10.2 Å². The molecule has 4 amide bonds. The number of aliphatic carboxylic acids is 4. The smallest absolute Gasteiger partial charge is 0.326 e. The van der Waals surface area contributed by atoms with Gasteiger partial charge in [0, 0.05) is 45.1 Å². The van der Waals surface area contributed by atoms with E-state index < -0.39 is 48.4 Å². The first-order valence-electron chi connectivity index (χ1n) is 17.5. The van der Waals surface area contributed by atoms with Crippen molar-refractivity contribution in [3.63, 3.8) is 0 Å². The van der Waals surface area contributed by atoms with Gasteiger partial charge in [-0.3, -0.25) is 29.1 Å². The summed E-state index contributed by atoms with van der Waals surface area (Å²) in [6.45, 7) is 2.03. The molecular weight excluding hydrogens is 668 g/mol. The van der Waals surface area contributed by atoms with Crippen LogP contribution in [0.25, 0.3) is 0 Å². The monoisotopic (exact) mass is 722 g/mol. The lowest BCUT2D eigenvalue weighted by atomic mass is 10.1. The Morgan fingerprint density at radius 1 is 0.627 bits per heavy atom. The predicted octanol–water partition coefficient (Wildman–Crippen LogP) is 2.34. The molecule has 8 N–H and O–H groups in total. The molecule has 286 valence electrons. The number of urea groups is 1. The van der Waals surface area contributed by atoms with Gasteiger partial charge in [-0.15, -0.1) is 0 Å². The number of carbonyl (C=O) groups is 7. The number of amides is 4. The minimum absolute atomic E-state index is 0.00287. The molecule has 0 aliphatic rings. The van der Waals surface area contributed by atoms with Crippen LogP contribution in [0.3, 0.4) is 0 Å². The number of aromatic nitrogens is 1. The van der Waals surface area contributed by atoms with E-state index in [1.807, 2.05) is 23.1 Å². The van der Waals surface area contributed by atoms with Crippen molar-refractivity contribution in [2.24, 2.45) is 0 Å². The van der Waals surface area contributed by atoms with Crippen molar-refractivity contribution in [1.29, 1.82) is 0 Å². The van der Waals surface area contributed by atoms with Crippen LogP contribution in [0.2, 0.25) is 0 Å². The highest BCUT2D eigenvalue weighted by molar-refractivity contribution is 5.86. The van der Waals surface area contributed by atoms with Gasteiger partial charge in [0.05, 0.1) is 12.2 Å². The summed E-state index contributed by atoms with van der Waals surface area (Å²) < 4.78 is 0. The number of unbranched alkanes of at least 4 members (excludes halogenated alkanes) is 7. The van der Waals surface area contributed by atoms with E-state index in [0.717, 1.165) is 50.6 Å². The van der Waals surface area contributed by atoms with Gasteiger partial charge in [-0.2, -0.15) is 0 Å². The van der Waals surface area contributed by atoms with Gasteiger partial charge in [-0.05, 0) is 70.0 Å². The number of hydrogen-bond donors (Lipinski definition) is 8. The third-order valence-corrected chi connectivity index (χ3v) is 7.85. The van der Waals surface area contributed by atoms with Crippen LogP contribution in [-0.4, -0.2) is 110 Å². The lowest BCUT2D eigenvalue weighted by molar-refractivity contribution is -0.141. The highest BCUT2D eigenvalue weighted by atomic mass is 16.4. The highest BCUT2D eigenvalue weighted by Crippen LogP contribution is 2.08. The lowest BCUT2D eigenvalue weighted by Gasteiger charge is -2.19. The van der Waals surface area contributed by atoms with Gasteiger partial charge in [0.1, 0.15) is 12.1 Å². The molecule has 2 atom stereocenters. The molecule has 0 aliphatic carbocycles. The summed E-state index contributed by atoms with van der Waals surface area (Å²) in [4.78, 5) is 87.0. The Kier molecular flexibility index (Phi) is 23.4. The zero-order valence-corrected chi connectivity index (χ0v) is 29.1. The largest absolute Gasteiger partial charge is 0.481 e. The van der Waals surface area contributed by atoms with Gasteiger partial charge >= 0.3 is 29.9 Å². The van der Waals surface area contributed by atoms with Gasteiger partial charge < -0.3 is 41.7 Å². The van der Waals surface area contributed by atoms with Crippen LogP contribution >= 0.6 is 0 Å². The summed E-state index contributed by atoms with van der Waals surface area (Å²) in [6.07, 6.45) is 9.04. The maximum Gasteiger partial charge on any atom is 0.326 e. The number of carboxylic acids is 4. The molecule has 1 rings (SSSR count). The number of rotatable bonds is 30. The van der Waals surface area contributed by atoms with Crippen molar-refractivity contribution in [3.8, 4) is 0 Å². The third kappa shape index (κ3) is 24.1. The van der Waals surface area contributed by atoms with Crippen molar-refractivity contribution in [3.05, 3.63) is 30.1 Å². The Labute approximate surface area is 298 Å². The number of hydrogen-bond acceptors (Lipinski definition) is 9. The maximum absolute atomic E-state index is 12.1. The van der Waals surface area contributed by atoms with Gasteiger partial charge in [-0.1, -0.05) is 31.7 Å². The molecule has 51 heavy (non-hydrogen) atoms. The second kappa shape index (κ2) is 27.0. The number of carboxylic acid groups (broad SMARTS) is 4. The Balaban J connectivity index is 2.07. The second-order valence-electron chi connectivity index (χ2n) is 12.3. The summed E-state index contributed by atoms with van der Waals surface area (Å²) >= 11 is 0. The van der Waals surface area contributed by atoms with Crippen LogP contribution < -0.4 is 21.3 Å². The zero-order valence-electron chi connectivity index (χ0n) is 29.1. The molecule has 1 aromatic heterocycles. The molecule has 0 saturated heterocycles. The molecule has 17 nitrogen and oxygen atoms in total. The quantitative estimate of drug-likeness (QED) is 0.0531. The second-order valence-corrected chi connectivity index (χ2v) is 12.3. The minimum Gasteiger partial charge on any atom is -0.481 e. The topological polar surface area (TPSA) is 265 Å². The van der Waals surface area contributed by atoms with Gasteiger partial charge in [-0.25, -0.2) is 14.4 Å². The van der Waals surface area contributed by atoms with Crippen LogP contribution in [0.4, 0.5) is 4.79 Å². The van der Waals surface area contributed by atoms with Gasteiger partial charge in [0.25, 0.3) is 0 Å². The Morgan fingerprint density at radius 3 is 1.71 bits per heavy atom. The SMILES string of the molecule is O=C(O)CCC(NC(=O)NC(CCCCNC(=O)CCCCCCC(=O)NCCCCCCN(CC(=O)O)Cc1ccccn1)C(=O)O)C(=O)O. The van der Waals surface area contributed by atoms with Crippen molar-refractivity contribution in [2.45, 2.75) is 115 Å². The highest BCUT2D eigenvalue weighted by Gasteiger charge is 2.24. The van der Waals surface area contributed by atoms with Crippen LogP contribution in [0.1, 0.15) is 102 Å². The molecule has 17 heteroatoms. The van der Waals surface area contributed by atoms with E-state index in [0.29, 0.717) is 58.3 Å². The molecule has 1 heterocycles. The molecule has 2 unspecified atom stereocenters. The summed E-state index contributed by atoms with van der Waals surface area (Å²) in [5.74, 6) is -4.99. The molecule has 0 bridgehead atoms. The number of carbonyl (C=O) groups excluding carboxylic acids is 3. The van der Waals surface area contributed by atoms with Crippen LogP contribution in [-0.2, 0) is 35.3 Å². The molecule has 1 aromatic rings. The Morgan fingerprint density at radius 2 is 1.18 bits per heavy atom. The first-order chi connectivity index (χ1) is 24.4. The number of nitrogens with one attached hydrogen (secondary N) is 4. The molecule has 0 aromatic carbocycles. The van der Waals surface area contributed by atoms with E-state index >= 15 is 0 Å². The van der Waals surface area contributed by atoms with Gasteiger partial charge in [0.2, 0.25) is 11.8 Å². The number of nitrogens with zero attached hydrogens (tertiary/aromatic N) is 2. The zero-order chi connectivity index (χ0) is 37.9. The van der Waals surface area contributed by atoms with E-state index in [1.165, 1.54) is 0 Å². The summed E-state index contributed by atoms with van der Waals surface area (Å²) in [5.41, 5.74) is 0.832. The van der Waals surface area contributed by atoms with Crippen LogP contribution in [0.15, 0.2) is 24.4 Å². The number of pyridine rings is 1. The van der Waals surface area contributed by atoms with E-state index in [1.54, 1.807) is 6.20 Å². The molecule has 0 radical (unpaired) electrons. The predicted molar refractivity (Wildman–Crippen MR) is 185 cm³/mol. The average molecular weight is 723 g/mol. The standard InChI is InChI=1S/C34H54N6O11/c41-28(36-20-9-3-4-12-22-40(24-31(45)46)23-25-13-7-10-19-35-25)15-5-1-2-6-16-29(42)37-21-11-8-14-26(32(47)48)38-34(51)39-27(33(49)50)17-18-30(43)44/h7,10,13,19,26-27H,1-6,8-9,11-12,14-18,20-24H2,(H,36,41)(H,37,42)(H,43,44)(H,45,46)(H,47,48)(H,49,50)(H2,38,39,51). The molecule has 0 fully saturated rings. The first kappa shape index (κ1) is 44.2. The lowest BCUT2D eigenvalue weighted by Crippen LogP contribution is -2.51. The fraction of sp³-hybridized carbons (Fsp3) is 0.647. The van der Waals surface area contributed by atoms with Crippen molar-refractivity contribution in [1.82, 2.24) is 31.2 Å². The minimum atomic E-state index is -1.48. The van der Waals surface area contributed by atoms with Crippen LogP contribution in [0.5, 0.6) is 0 Å². The maximum atomic E-state index is 12.1. The fourth-order valence-corrected chi connectivity index (χ4v) is 5.11. The van der Waals surface area contributed by atoms with Crippen molar-refractivity contribution >= 4 is 41.7 Å². The van der Waals surface area contributed by atoms with Crippen LogP contribution in [0, 0.1) is 0 Å². The Bertz CT molecular complexity index is 1230. The van der Waals surface area contributed by atoms with E-state index in [2.05, 4.69) is 26.3 Å². The van der Waals surface area contributed by atoms with Gasteiger partial charge in [0.15, 0.2) is 0 Å². The first-order valence-corrected chi connectivity index (χ1v) is 17.5. The van der Waals surface area contributed by atoms with E-state index in [9.17, 15) is 43.8 Å². The van der Waals surface area contributed by atoms with Crippen molar-refractivity contribution in [2.75, 3.05) is 26.2 Å². The Hall–Kier alpha value is -4.80.